The number of rotatable bonds is 1. The Morgan fingerprint density at radius 2 is 1.88 bits per heavy atom. The molecule has 16 heavy (non-hydrogen) atoms. The lowest BCUT2D eigenvalue weighted by atomic mass is 9.84. The van der Waals surface area contributed by atoms with Crippen LogP contribution in [0.5, 0.6) is 0 Å². The van der Waals surface area contributed by atoms with Gasteiger partial charge in [0.25, 0.3) is 0 Å². The van der Waals surface area contributed by atoms with E-state index in [-0.39, 0.29) is 5.41 Å². The van der Waals surface area contributed by atoms with E-state index in [0.29, 0.717) is 5.92 Å². The van der Waals surface area contributed by atoms with Crippen LogP contribution in [0.4, 0.5) is 0 Å². The van der Waals surface area contributed by atoms with Crippen molar-refractivity contribution in [3.05, 3.63) is 29.5 Å². The molecular formula is C14H19NO. The van der Waals surface area contributed by atoms with Crippen molar-refractivity contribution >= 4 is 11.0 Å². The van der Waals surface area contributed by atoms with E-state index in [2.05, 4.69) is 51.9 Å². The maximum absolute atomic E-state index is 5.42. The Morgan fingerprint density at radius 1 is 1.19 bits per heavy atom. The molecule has 0 unspecified atom stereocenters. The third kappa shape index (κ3) is 1.73. The van der Waals surface area contributed by atoms with Crippen LogP contribution in [0.1, 0.15) is 51.7 Å². The zero-order valence-corrected chi connectivity index (χ0v) is 10.7. The molecule has 0 spiro atoms. The van der Waals surface area contributed by atoms with Crippen molar-refractivity contribution in [3.63, 3.8) is 0 Å². The second-order valence-corrected chi connectivity index (χ2v) is 5.68. The van der Waals surface area contributed by atoms with E-state index < -0.39 is 0 Å². The number of hydrogen-bond acceptors (Lipinski definition) is 2. The van der Waals surface area contributed by atoms with Crippen molar-refractivity contribution in [2.24, 2.45) is 0 Å². The van der Waals surface area contributed by atoms with E-state index in [0.717, 1.165) is 11.0 Å². The zero-order valence-electron chi connectivity index (χ0n) is 10.7. The molecule has 0 aliphatic heterocycles. The Bertz CT molecular complexity index is 503. The minimum atomic E-state index is 0.0906. The lowest BCUT2D eigenvalue weighted by Gasteiger charge is -2.20. The van der Waals surface area contributed by atoms with E-state index in [1.807, 2.05) is 6.20 Å². The summed E-state index contributed by atoms with van der Waals surface area (Å²) in [6, 6.07) is 4.37. The summed E-state index contributed by atoms with van der Waals surface area (Å²) in [5.74, 6) is 0.496. The van der Waals surface area contributed by atoms with Crippen LogP contribution in [0.25, 0.3) is 11.0 Å². The molecular weight excluding hydrogens is 198 g/mol. The summed E-state index contributed by atoms with van der Waals surface area (Å²) in [5, 5.41) is 5.10. The lowest BCUT2D eigenvalue weighted by molar-refractivity contribution is 0.446. The molecule has 0 saturated carbocycles. The van der Waals surface area contributed by atoms with Crippen LogP contribution in [0.2, 0.25) is 0 Å². The van der Waals surface area contributed by atoms with Gasteiger partial charge < -0.3 is 4.52 Å². The summed E-state index contributed by atoms with van der Waals surface area (Å²) in [6.45, 7) is 11.0. The normalized spacial score (nSPS) is 12.6. The molecule has 1 aromatic heterocycles. The molecule has 0 amide bonds. The number of nitrogens with zero attached hydrogens (tertiary/aromatic N) is 1. The summed E-state index contributed by atoms with van der Waals surface area (Å²) in [6.07, 6.45) is 1.83. The summed E-state index contributed by atoms with van der Waals surface area (Å²) < 4.78 is 5.42. The van der Waals surface area contributed by atoms with Crippen LogP contribution < -0.4 is 0 Å². The smallest absolute Gasteiger partial charge is 0.170 e. The molecule has 0 radical (unpaired) electrons. The van der Waals surface area contributed by atoms with Crippen LogP contribution in [-0.2, 0) is 5.41 Å². The van der Waals surface area contributed by atoms with Gasteiger partial charge in [0.05, 0.1) is 6.20 Å². The van der Waals surface area contributed by atoms with Crippen LogP contribution in [-0.4, -0.2) is 5.16 Å². The van der Waals surface area contributed by atoms with Gasteiger partial charge in [-0.05, 0) is 16.9 Å². The van der Waals surface area contributed by atoms with Gasteiger partial charge >= 0.3 is 0 Å². The van der Waals surface area contributed by atoms with Crippen molar-refractivity contribution in [2.75, 3.05) is 0 Å². The molecule has 0 bridgehead atoms. The molecule has 2 rings (SSSR count). The maximum atomic E-state index is 5.42. The van der Waals surface area contributed by atoms with Crippen molar-refractivity contribution in [1.82, 2.24) is 5.16 Å². The Morgan fingerprint density at radius 3 is 2.44 bits per heavy atom. The molecule has 0 atom stereocenters. The highest BCUT2D eigenvalue weighted by Crippen LogP contribution is 2.34. The summed E-state index contributed by atoms with van der Waals surface area (Å²) in [4.78, 5) is 0. The topological polar surface area (TPSA) is 26.0 Å². The van der Waals surface area contributed by atoms with E-state index in [1.54, 1.807) is 0 Å². The van der Waals surface area contributed by atoms with Gasteiger partial charge in [0.15, 0.2) is 5.58 Å². The molecule has 2 nitrogen and oxygen atoms in total. The zero-order chi connectivity index (χ0) is 11.9. The molecule has 0 fully saturated rings. The first-order valence-corrected chi connectivity index (χ1v) is 5.79. The van der Waals surface area contributed by atoms with Gasteiger partial charge in [0.2, 0.25) is 0 Å². The second kappa shape index (κ2) is 3.62. The fraction of sp³-hybridized carbons (Fsp3) is 0.500. The minimum Gasteiger partial charge on any atom is -0.356 e. The van der Waals surface area contributed by atoms with Crippen molar-refractivity contribution in [3.8, 4) is 0 Å². The van der Waals surface area contributed by atoms with Crippen molar-refractivity contribution < 1.29 is 4.52 Å². The van der Waals surface area contributed by atoms with E-state index in [9.17, 15) is 0 Å². The lowest BCUT2D eigenvalue weighted by Crippen LogP contribution is -2.11. The molecule has 2 heteroatoms. The predicted molar refractivity (Wildman–Crippen MR) is 66.8 cm³/mol. The summed E-state index contributed by atoms with van der Waals surface area (Å²) in [7, 11) is 0. The third-order valence-electron chi connectivity index (χ3n) is 2.99. The van der Waals surface area contributed by atoms with Gasteiger partial charge in [-0.1, -0.05) is 51.9 Å². The first kappa shape index (κ1) is 11.2. The molecule has 0 saturated heterocycles. The quantitative estimate of drug-likeness (QED) is 0.713. The summed E-state index contributed by atoms with van der Waals surface area (Å²) in [5.41, 5.74) is 3.57. The number of benzene rings is 1. The van der Waals surface area contributed by atoms with Gasteiger partial charge in [-0.2, -0.15) is 0 Å². The van der Waals surface area contributed by atoms with E-state index in [4.69, 9.17) is 4.52 Å². The fourth-order valence-electron chi connectivity index (χ4n) is 2.07. The van der Waals surface area contributed by atoms with Gasteiger partial charge in [-0.25, -0.2) is 0 Å². The third-order valence-corrected chi connectivity index (χ3v) is 2.99. The maximum Gasteiger partial charge on any atom is 0.170 e. The highest BCUT2D eigenvalue weighted by atomic mass is 16.5. The van der Waals surface area contributed by atoms with Gasteiger partial charge in [-0.15, -0.1) is 0 Å². The number of aromatic nitrogens is 1. The van der Waals surface area contributed by atoms with E-state index in [1.165, 1.54) is 11.1 Å². The standard InChI is InChI=1S/C14H19NO/c1-9(2)10-6-7-12(14(3,4)5)13-11(10)8-15-16-13/h6-9H,1-5H3. The monoisotopic (exact) mass is 217 g/mol. The first-order valence-electron chi connectivity index (χ1n) is 5.79. The van der Waals surface area contributed by atoms with Crippen molar-refractivity contribution in [1.29, 1.82) is 0 Å². The highest BCUT2D eigenvalue weighted by molar-refractivity contribution is 5.84. The van der Waals surface area contributed by atoms with E-state index >= 15 is 0 Å². The minimum absolute atomic E-state index is 0.0906. The molecule has 0 aliphatic rings. The molecule has 1 aromatic carbocycles. The fourth-order valence-corrected chi connectivity index (χ4v) is 2.07. The van der Waals surface area contributed by atoms with Crippen LogP contribution >= 0.6 is 0 Å². The molecule has 0 N–H and O–H groups in total. The summed E-state index contributed by atoms with van der Waals surface area (Å²) >= 11 is 0. The van der Waals surface area contributed by atoms with Crippen LogP contribution in [0.3, 0.4) is 0 Å². The van der Waals surface area contributed by atoms with Crippen LogP contribution in [0, 0.1) is 0 Å². The Kier molecular flexibility index (Phi) is 2.53. The average molecular weight is 217 g/mol. The van der Waals surface area contributed by atoms with Gasteiger partial charge in [0, 0.05) is 10.9 Å². The molecule has 1 heterocycles. The van der Waals surface area contributed by atoms with Crippen LogP contribution in [0.15, 0.2) is 22.9 Å². The molecule has 86 valence electrons. The number of fused-ring (bicyclic) bond motifs is 1. The Hall–Kier alpha value is -1.31. The molecule has 0 aliphatic carbocycles. The van der Waals surface area contributed by atoms with Gasteiger partial charge in [0.1, 0.15) is 0 Å². The second-order valence-electron chi connectivity index (χ2n) is 5.68. The number of hydrogen-bond donors (Lipinski definition) is 0. The first-order chi connectivity index (χ1) is 7.41. The average Bonchev–Trinajstić information content (AvgIpc) is 2.61. The largest absolute Gasteiger partial charge is 0.356 e. The Labute approximate surface area is 96.6 Å². The van der Waals surface area contributed by atoms with Gasteiger partial charge in [-0.3, -0.25) is 0 Å². The highest BCUT2D eigenvalue weighted by Gasteiger charge is 2.21. The molecule has 2 aromatic rings. The van der Waals surface area contributed by atoms with Crippen molar-refractivity contribution in [2.45, 2.75) is 46.0 Å². The predicted octanol–water partition coefficient (Wildman–Crippen LogP) is 4.25. The Balaban J connectivity index is 2.74. The SMILES string of the molecule is CC(C)c1ccc(C(C)(C)C)c2oncc12.